The van der Waals surface area contributed by atoms with Crippen molar-refractivity contribution < 1.29 is 18.3 Å². The average molecular weight is 270 g/mol. The minimum atomic E-state index is -0.743. The van der Waals surface area contributed by atoms with E-state index in [0.717, 1.165) is 12.1 Å². The molecule has 0 bridgehead atoms. The van der Waals surface area contributed by atoms with Crippen molar-refractivity contribution in [2.24, 2.45) is 5.10 Å². The summed E-state index contributed by atoms with van der Waals surface area (Å²) in [5.41, 5.74) is 1.82. The van der Waals surface area contributed by atoms with Gasteiger partial charge in [-0.1, -0.05) is 0 Å². The number of benzene rings is 1. The highest BCUT2D eigenvalue weighted by atomic mass is 19.1. The normalized spacial score (nSPS) is 12.2. The summed E-state index contributed by atoms with van der Waals surface area (Å²) >= 11 is 0. The molecule has 0 spiro atoms. The lowest BCUT2D eigenvalue weighted by Crippen LogP contribution is -2.30. The summed E-state index contributed by atoms with van der Waals surface area (Å²) in [5, 5.41) is 3.70. The highest BCUT2D eigenvalue weighted by Gasteiger charge is 2.15. The molecule has 0 aromatic heterocycles. The predicted molar refractivity (Wildman–Crippen MR) is 67.9 cm³/mol. The van der Waals surface area contributed by atoms with Crippen LogP contribution < -0.4 is 5.43 Å². The zero-order chi connectivity index (χ0) is 14.6. The Morgan fingerprint density at radius 2 is 1.95 bits per heavy atom. The molecule has 6 heteroatoms. The van der Waals surface area contributed by atoms with Crippen molar-refractivity contribution in [1.29, 1.82) is 0 Å². The van der Waals surface area contributed by atoms with Gasteiger partial charge in [-0.15, -0.1) is 0 Å². The molecule has 4 nitrogen and oxygen atoms in total. The lowest BCUT2D eigenvalue weighted by Gasteiger charge is -2.18. The number of hydrogen-bond donors (Lipinski definition) is 1. The van der Waals surface area contributed by atoms with Gasteiger partial charge in [0.2, 0.25) is 0 Å². The van der Waals surface area contributed by atoms with E-state index in [1.54, 1.807) is 20.8 Å². The van der Waals surface area contributed by atoms with Crippen LogP contribution in [0.3, 0.4) is 0 Å². The predicted octanol–water partition coefficient (Wildman–Crippen LogP) is 3.21. The zero-order valence-electron chi connectivity index (χ0n) is 11.3. The molecule has 0 unspecified atom stereocenters. The minimum absolute atomic E-state index is 0.109. The van der Waals surface area contributed by atoms with Crippen LogP contribution in [0.25, 0.3) is 0 Å². The van der Waals surface area contributed by atoms with Crippen molar-refractivity contribution in [2.75, 3.05) is 0 Å². The van der Waals surface area contributed by atoms with Gasteiger partial charge in [0.25, 0.3) is 0 Å². The van der Waals surface area contributed by atoms with E-state index in [-0.39, 0.29) is 11.3 Å². The lowest BCUT2D eigenvalue weighted by molar-refractivity contribution is 0.0529. The maximum Gasteiger partial charge on any atom is 0.428 e. The third kappa shape index (κ3) is 5.03. The van der Waals surface area contributed by atoms with E-state index in [0.29, 0.717) is 0 Å². The highest BCUT2D eigenvalue weighted by molar-refractivity contribution is 5.99. The monoisotopic (exact) mass is 270 g/mol. The summed E-state index contributed by atoms with van der Waals surface area (Å²) in [7, 11) is 0. The Balaban J connectivity index is 2.75. The van der Waals surface area contributed by atoms with Crippen molar-refractivity contribution in [1.82, 2.24) is 5.43 Å². The molecular formula is C13H16F2N2O2. The van der Waals surface area contributed by atoms with Crippen LogP contribution in [0.4, 0.5) is 13.6 Å². The van der Waals surface area contributed by atoms with Crippen LogP contribution in [-0.2, 0) is 4.74 Å². The second-order valence-corrected chi connectivity index (χ2v) is 4.94. The topological polar surface area (TPSA) is 50.7 Å². The van der Waals surface area contributed by atoms with E-state index in [1.165, 1.54) is 13.0 Å². The van der Waals surface area contributed by atoms with Gasteiger partial charge in [0.15, 0.2) is 0 Å². The largest absolute Gasteiger partial charge is 0.443 e. The summed E-state index contributed by atoms with van der Waals surface area (Å²) in [6, 6.07) is 3.12. The van der Waals surface area contributed by atoms with Crippen molar-refractivity contribution in [2.45, 2.75) is 33.3 Å². The molecule has 0 fully saturated rings. The van der Waals surface area contributed by atoms with Gasteiger partial charge in [-0.25, -0.2) is 19.0 Å². The van der Waals surface area contributed by atoms with Crippen molar-refractivity contribution in [3.05, 3.63) is 35.4 Å². The fourth-order valence-corrected chi connectivity index (χ4v) is 1.27. The van der Waals surface area contributed by atoms with Gasteiger partial charge in [0.05, 0.1) is 5.71 Å². The highest BCUT2D eigenvalue weighted by Crippen LogP contribution is 2.11. The quantitative estimate of drug-likeness (QED) is 0.662. The summed E-state index contributed by atoms with van der Waals surface area (Å²) in [4.78, 5) is 11.3. The Kier molecular flexibility index (Phi) is 4.58. The molecule has 1 aromatic rings. The standard InChI is InChI=1S/C13H16F2N2O2/c1-8(10-6-5-9(14)7-11(10)15)16-17-12(18)19-13(2,3)4/h5-7H,1-4H3,(H,17,18)/b16-8-. The van der Waals surface area contributed by atoms with Gasteiger partial charge in [-0.05, 0) is 39.8 Å². The van der Waals surface area contributed by atoms with Crippen LogP contribution in [-0.4, -0.2) is 17.4 Å². The van der Waals surface area contributed by atoms with Crippen LogP contribution in [0.1, 0.15) is 33.3 Å². The van der Waals surface area contributed by atoms with Gasteiger partial charge in [-0.3, -0.25) is 0 Å². The number of carbonyl (C=O) groups is 1. The molecule has 1 rings (SSSR count). The number of amides is 1. The first kappa shape index (κ1) is 15.1. The van der Waals surface area contributed by atoms with Gasteiger partial charge < -0.3 is 4.74 Å². The Morgan fingerprint density at radius 1 is 1.32 bits per heavy atom. The van der Waals surface area contributed by atoms with Gasteiger partial charge in [-0.2, -0.15) is 5.10 Å². The fourth-order valence-electron chi connectivity index (χ4n) is 1.27. The van der Waals surface area contributed by atoms with E-state index >= 15 is 0 Å². The number of hydrogen-bond acceptors (Lipinski definition) is 3. The van der Waals surface area contributed by atoms with E-state index < -0.39 is 23.3 Å². The molecule has 1 aromatic carbocycles. The summed E-state index contributed by atoms with van der Waals surface area (Å²) in [6.07, 6.45) is -0.741. The zero-order valence-corrected chi connectivity index (χ0v) is 11.3. The Morgan fingerprint density at radius 3 is 2.47 bits per heavy atom. The first-order valence-corrected chi connectivity index (χ1v) is 5.68. The third-order valence-electron chi connectivity index (χ3n) is 2.03. The fraction of sp³-hybridized carbons (Fsp3) is 0.385. The van der Waals surface area contributed by atoms with Gasteiger partial charge >= 0.3 is 6.09 Å². The molecule has 0 heterocycles. The molecule has 0 atom stereocenters. The van der Waals surface area contributed by atoms with Crippen molar-refractivity contribution >= 4 is 11.8 Å². The smallest absolute Gasteiger partial charge is 0.428 e. The molecule has 0 saturated heterocycles. The number of nitrogens with zero attached hydrogens (tertiary/aromatic N) is 1. The Bertz CT molecular complexity index is 508. The van der Waals surface area contributed by atoms with E-state index in [2.05, 4.69) is 10.5 Å². The van der Waals surface area contributed by atoms with Gasteiger partial charge in [0.1, 0.15) is 17.2 Å². The van der Waals surface area contributed by atoms with Crippen LogP contribution in [0.5, 0.6) is 0 Å². The van der Waals surface area contributed by atoms with E-state index in [1.807, 2.05) is 0 Å². The van der Waals surface area contributed by atoms with Crippen molar-refractivity contribution in [3.63, 3.8) is 0 Å². The maximum absolute atomic E-state index is 13.4. The average Bonchev–Trinajstić information content (AvgIpc) is 2.23. The molecule has 104 valence electrons. The first-order valence-electron chi connectivity index (χ1n) is 5.68. The van der Waals surface area contributed by atoms with Crippen LogP contribution in [0, 0.1) is 11.6 Å². The van der Waals surface area contributed by atoms with Crippen LogP contribution >= 0.6 is 0 Å². The SMILES string of the molecule is C/C(=N/NC(=O)OC(C)(C)C)c1ccc(F)cc1F. The Labute approximate surface area is 110 Å². The Hall–Kier alpha value is -1.98. The number of halogens is 2. The lowest BCUT2D eigenvalue weighted by atomic mass is 10.1. The molecule has 0 saturated carbocycles. The van der Waals surface area contributed by atoms with Crippen LogP contribution in [0.15, 0.2) is 23.3 Å². The van der Waals surface area contributed by atoms with E-state index in [4.69, 9.17) is 4.74 Å². The molecule has 1 N–H and O–H groups in total. The summed E-state index contributed by atoms with van der Waals surface area (Å²) in [5.74, 6) is -1.42. The molecule has 19 heavy (non-hydrogen) atoms. The molecular weight excluding hydrogens is 254 g/mol. The first-order chi connectivity index (χ1) is 8.69. The molecule has 1 amide bonds. The second kappa shape index (κ2) is 5.77. The maximum atomic E-state index is 13.4. The van der Waals surface area contributed by atoms with Crippen LogP contribution in [0.2, 0.25) is 0 Å². The molecule has 0 radical (unpaired) electrons. The third-order valence-corrected chi connectivity index (χ3v) is 2.03. The molecule has 0 aliphatic carbocycles. The summed E-state index contributed by atoms with van der Waals surface area (Å²) < 4.78 is 31.1. The summed E-state index contributed by atoms with van der Waals surface area (Å²) in [6.45, 7) is 6.63. The number of hydrazone groups is 1. The number of nitrogens with one attached hydrogen (secondary N) is 1. The number of carbonyl (C=O) groups excluding carboxylic acids is 1. The number of ether oxygens (including phenoxy) is 1. The van der Waals surface area contributed by atoms with Gasteiger partial charge in [0, 0.05) is 11.6 Å². The minimum Gasteiger partial charge on any atom is -0.443 e. The van der Waals surface area contributed by atoms with Crippen molar-refractivity contribution in [3.8, 4) is 0 Å². The number of rotatable bonds is 2. The molecule has 0 aliphatic rings. The second-order valence-electron chi connectivity index (χ2n) is 4.94. The van der Waals surface area contributed by atoms with E-state index in [9.17, 15) is 13.6 Å². The molecule has 0 aliphatic heterocycles.